The van der Waals surface area contributed by atoms with E-state index < -0.39 is 107 Å². The number of aromatic nitrogens is 2. The Morgan fingerprint density at radius 2 is 1.84 bits per heavy atom. The van der Waals surface area contributed by atoms with Gasteiger partial charge in [0.25, 0.3) is 0 Å². The molecule has 10 atom stereocenters. The first-order valence-corrected chi connectivity index (χ1v) is 15.4. The van der Waals surface area contributed by atoms with Crippen molar-refractivity contribution in [3.63, 3.8) is 0 Å². The fraction of sp³-hybridized carbons (Fsp3) is 0.571. The molecule has 1 aromatic heterocycles. The van der Waals surface area contributed by atoms with Crippen molar-refractivity contribution in [1.29, 1.82) is 0 Å². The number of nitrogens with zero attached hydrogens (tertiary/aromatic N) is 2. The maximum atomic E-state index is 12.6. The van der Waals surface area contributed by atoms with Crippen LogP contribution in [0.1, 0.15) is 19.6 Å². The van der Waals surface area contributed by atoms with Gasteiger partial charge in [-0.3, -0.25) is 13.9 Å². The standard InChI is InChI=1S/C21H32N4O16P2.2Na/c1-9(27)23-10-2-3-13(39-14(10)6-11(28)12(29)7-26)20(42(33,34)35)41-43(36,37)38-8-15-17(30)18(31)19(40-15)25-5-4-16(22)24-21(25)32;;/h2-5,10-12,14-15,17-19,26,28-31H,6-8H2,1H3,(H,23,27)(H,36,37)(H2,22,24,32)(H2,33,34,35);;/q;2*+1/p-2/b20-13-;;/t10-,11+,12-,14+,15-,17-,18-,19-;;/m1../s1. The zero-order chi connectivity index (χ0) is 32.3. The molecular weight excluding hydrogens is 672 g/mol. The first-order valence-electron chi connectivity index (χ1n) is 12.3. The first-order chi connectivity index (χ1) is 19.9. The molecule has 0 aliphatic carbocycles. The average molecular weight is 702 g/mol. The third-order valence-electron chi connectivity index (χ3n) is 6.13. The summed E-state index contributed by atoms with van der Waals surface area (Å²) in [5.41, 5.74) is 2.79. The third-order valence-corrected chi connectivity index (χ3v) is 7.97. The summed E-state index contributed by atoms with van der Waals surface area (Å²) in [5, 5.41) is 51.8. The Kier molecular flexibility index (Phi) is 16.6. The minimum absolute atomic E-state index is 0. The summed E-state index contributed by atoms with van der Waals surface area (Å²) in [6, 6.07) is 0.144. The Bertz CT molecular complexity index is 1390. The van der Waals surface area contributed by atoms with Crippen molar-refractivity contribution in [2.24, 2.45) is 0 Å². The molecular formula is C21H30N4Na2O16P2. The number of carbonyl (C=O) groups excluding carboxylic acids is 1. The minimum Gasteiger partial charge on any atom is -0.773 e. The second-order valence-electron chi connectivity index (χ2n) is 9.41. The number of carbonyl (C=O) groups is 1. The molecule has 242 valence electrons. The molecule has 1 fully saturated rings. The Labute approximate surface area is 299 Å². The van der Waals surface area contributed by atoms with Crippen molar-refractivity contribution in [3.05, 3.63) is 46.2 Å². The number of hydrogen-bond donors (Lipinski definition) is 8. The van der Waals surface area contributed by atoms with Gasteiger partial charge < -0.3 is 74.3 Å². The van der Waals surface area contributed by atoms with Gasteiger partial charge in [0.2, 0.25) is 19.0 Å². The van der Waals surface area contributed by atoms with Crippen molar-refractivity contribution in [2.45, 2.75) is 62.2 Å². The van der Waals surface area contributed by atoms with E-state index in [1.807, 2.05) is 0 Å². The van der Waals surface area contributed by atoms with Crippen molar-refractivity contribution < 1.29 is 132 Å². The first kappa shape index (κ1) is 42.3. The molecule has 0 aromatic carbocycles. The molecule has 2 unspecified atom stereocenters. The fourth-order valence-electron chi connectivity index (χ4n) is 4.05. The van der Waals surface area contributed by atoms with Crippen LogP contribution in [0, 0.1) is 0 Å². The van der Waals surface area contributed by atoms with Gasteiger partial charge in [-0.05, 0) is 12.1 Å². The number of nitrogen functional groups attached to an aromatic ring is 1. The SMILES string of the molecule is CC(=O)N[C@@H]1C=C/C(=C(\OP(=O)([O-])OC[C@H]2O[C@@H](n3ccc(N)nc3=O)[C@H](O)[C@@H]2O)P(=O)([O-])O)O[C@H]1C[C@H](O)[C@H](O)CO.[Na+].[Na+]. The van der Waals surface area contributed by atoms with E-state index in [4.69, 9.17) is 20.3 Å². The second-order valence-corrected chi connectivity index (χ2v) is 12.2. The zero-order valence-corrected chi connectivity index (χ0v) is 30.0. The summed E-state index contributed by atoms with van der Waals surface area (Å²) in [6.07, 6.45) is -8.87. The average Bonchev–Trinajstić information content (AvgIpc) is 3.19. The Hall–Kier alpha value is -0.710. The van der Waals surface area contributed by atoms with Crippen LogP contribution in [0.2, 0.25) is 0 Å². The summed E-state index contributed by atoms with van der Waals surface area (Å²) < 4.78 is 45.3. The number of anilines is 1. The van der Waals surface area contributed by atoms with Gasteiger partial charge in [0, 0.05) is 19.5 Å². The quantitative estimate of drug-likeness (QED) is 0.0569. The second kappa shape index (κ2) is 17.6. The van der Waals surface area contributed by atoms with Gasteiger partial charge in [-0.2, -0.15) is 4.98 Å². The van der Waals surface area contributed by atoms with E-state index in [2.05, 4.69) is 19.3 Å². The van der Waals surface area contributed by atoms with Crippen molar-refractivity contribution in [1.82, 2.24) is 14.9 Å². The van der Waals surface area contributed by atoms with Crippen molar-refractivity contribution in [3.8, 4) is 0 Å². The smallest absolute Gasteiger partial charge is 0.773 e. The Morgan fingerprint density at radius 3 is 2.40 bits per heavy atom. The van der Waals surface area contributed by atoms with E-state index in [9.17, 15) is 53.8 Å². The van der Waals surface area contributed by atoms with Gasteiger partial charge in [-0.1, -0.05) is 6.08 Å². The van der Waals surface area contributed by atoms with Gasteiger partial charge in [0.1, 0.15) is 36.3 Å². The zero-order valence-electron chi connectivity index (χ0n) is 24.2. The number of phosphoric ester groups is 1. The topological polar surface area (TPSA) is 329 Å². The predicted molar refractivity (Wildman–Crippen MR) is 136 cm³/mol. The number of hydrogen-bond acceptors (Lipinski definition) is 17. The monoisotopic (exact) mass is 702 g/mol. The number of aliphatic hydroxyl groups is 5. The van der Waals surface area contributed by atoms with Crippen molar-refractivity contribution >= 4 is 27.1 Å². The van der Waals surface area contributed by atoms with Crippen LogP contribution < -0.4 is 85.6 Å². The molecule has 0 bridgehead atoms. The molecule has 9 N–H and O–H groups in total. The summed E-state index contributed by atoms with van der Waals surface area (Å²) in [5.74, 6) is -1.63. The largest absolute Gasteiger partial charge is 1.00 e. The summed E-state index contributed by atoms with van der Waals surface area (Å²) >= 11 is 0. The summed E-state index contributed by atoms with van der Waals surface area (Å²) in [4.78, 5) is 61.5. The molecule has 20 nitrogen and oxygen atoms in total. The summed E-state index contributed by atoms with van der Waals surface area (Å²) in [6.45, 7) is -0.802. The van der Waals surface area contributed by atoms with Gasteiger partial charge in [0.05, 0.1) is 25.4 Å². The number of amides is 1. The summed E-state index contributed by atoms with van der Waals surface area (Å²) in [7, 11) is -11.6. The molecule has 2 aliphatic rings. The molecule has 1 aromatic rings. The van der Waals surface area contributed by atoms with Crippen LogP contribution in [0.3, 0.4) is 0 Å². The fourth-order valence-corrected chi connectivity index (χ4v) is 5.85. The van der Waals surface area contributed by atoms with E-state index in [-0.39, 0.29) is 64.9 Å². The van der Waals surface area contributed by atoms with Gasteiger partial charge in [-0.15, -0.1) is 0 Å². The molecule has 24 heteroatoms. The van der Waals surface area contributed by atoms with Crippen molar-refractivity contribution in [2.75, 3.05) is 18.9 Å². The number of phosphoric acid groups is 1. The van der Waals surface area contributed by atoms with Crippen LogP contribution >= 0.6 is 15.4 Å². The van der Waals surface area contributed by atoms with E-state index in [0.717, 1.165) is 29.8 Å². The molecule has 0 spiro atoms. The molecule has 1 saturated heterocycles. The van der Waals surface area contributed by atoms with Gasteiger partial charge in [0.15, 0.2) is 12.0 Å². The minimum atomic E-state index is -5.84. The van der Waals surface area contributed by atoms with E-state index in [1.165, 1.54) is 6.07 Å². The van der Waals surface area contributed by atoms with E-state index in [1.54, 1.807) is 0 Å². The molecule has 0 radical (unpaired) electrons. The van der Waals surface area contributed by atoms with Crippen LogP contribution in [-0.4, -0.2) is 102 Å². The Balaban J connectivity index is 0.00000506. The van der Waals surface area contributed by atoms with Crippen LogP contribution in [0.4, 0.5) is 5.82 Å². The Morgan fingerprint density at radius 1 is 1.20 bits per heavy atom. The van der Waals surface area contributed by atoms with Crippen LogP contribution in [-0.2, 0) is 32.4 Å². The maximum absolute atomic E-state index is 12.6. The third kappa shape index (κ3) is 11.4. The molecule has 3 rings (SSSR count). The number of allylic oxidation sites excluding steroid dienone is 1. The van der Waals surface area contributed by atoms with Crippen LogP contribution in [0.5, 0.6) is 0 Å². The normalized spacial score (nSPS) is 29.4. The number of nitrogens with one attached hydrogen (secondary N) is 1. The number of rotatable bonds is 12. The number of nitrogens with two attached hydrogens (primary N) is 1. The predicted octanol–water partition coefficient (Wildman–Crippen LogP) is -10.8. The van der Waals surface area contributed by atoms with Gasteiger partial charge >= 0.3 is 72.6 Å². The molecule has 2 aliphatic heterocycles. The van der Waals surface area contributed by atoms with E-state index >= 15 is 0 Å². The van der Waals surface area contributed by atoms with Crippen LogP contribution in [0.15, 0.2) is 40.5 Å². The number of ether oxygens (including phenoxy) is 2. The number of aliphatic hydroxyl groups excluding tert-OH is 5. The molecule has 3 heterocycles. The van der Waals surface area contributed by atoms with E-state index in [0.29, 0.717) is 0 Å². The molecule has 1 amide bonds. The molecule has 45 heavy (non-hydrogen) atoms. The molecule has 0 saturated carbocycles. The maximum Gasteiger partial charge on any atom is 1.00 e. The van der Waals surface area contributed by atoms with Crippen LogP contribution in [0.25, 0.3) is 0 Å². The van der Waals surface area contributed by atoms with Gasteiger partial charge in [-0.25, -0.2) is 4.79 Å².